The van der Waals surface area contributed by atoms with Crippen molar-refractivity contribution in [2.45, 2.75) is 32.4 Å². The van der Waals surface area contributed by atoms with Crippen molar-refractivity contribution in [3.63, 3.8) is 0 Å². The zero-order valence-electron chi connectivity index (χ0n) is 11.3. The van der Waals surface area contributed by atoms with Gasteiger partial charge in [-0.05, 0) is 19.9 Å². The van der Waals surface area contributed by atoms with E-state index < -0.39 is 0 Å². The van der Waals surface area contributed by atoms with Gasteiger partial charge >= 0.3 is 0 Å². The maximum absolute atomic E-state index is 11.0. The molecule has 19 heavy (non-hydrogen) atoms. The number of para-hydroxylation sites is 1. The fourth-order valence-corrected chi connectivity index (χ4v) is 1.73. The van der Waals surface area contributed by atoms with Gasteiger partial charge in [-0.3, -0.25) is 4.79 Å². The molecule has 1 aromatic rings. The molecule has 5 nitrogen and oxygen atoms in total. The lowest BCUT2D eigenvalue weighted by Gasteiger charge is -2.25. The highest BCUT2D eigenvalue weighted by molar-refractivity contribution is 5.75. The summed E-state index contributed by atoms with van der Waals surface area (Å²) in [6, 6.07) is 9.42. The molecule has 3 N–H and O–H groups in total. The summed E-state index contributed by atoms with van der Waals surface area (Å²) in [5, 5.41) is 11.8. The number of hydrogen-bond donors (Lipinski definition) is 2. The molecule has 102 valence electrons. The molecule has 0 spiro atoms. The van der Waals surface area contributed by atoms with Crippen molar-refractivity contribution < 1.29 is 9.53 Å². The number of hydrogen-bond acceptors (Lipinski definition) is 4. The van der Waals surface area contributed by atoms with E-state index in [0.29, 0.717) is 12.3 Å². The molecule has 0 atom stereocenters. The van der Waals surface area contributed by atoms with E-state index in [2.05, 4.69) is 5.32 Å². The minimum Gasteiger partial charge on any atom is -0.478 e. The van der Waals surface area contributed by atoms with E-state index in [9.17, 15) is 4.79 Å². The SMILES string of the molecule is CC(C)(CC(N)=O)NCc1ccccc1OCC#N. The van der Waals surface area contributed by atoms with Crippen LogP contribution < -0.4 is 15.8 Å². The molecule has 0 unspecified atom stereocenters. The Hall–Kier alpha value is -2.06. The van der Waals surface area contributed by atoms with Gasteiger partial charge in [0, 0.05) is 24.1 Å². The van der Waals surface area contributed by atoms with Gasteiger partial charge in [0.1, 0.15) is 11.8 Å². The standard InChI is InChI=1S/C14H19N3O2/c1-14(2,9-13(16)18)17-10-11-5-3-4-6-12(11)19-8-7-15/h3-6,17H,8-10H2,1-2H3,(H2,16,18). The summed E-state index contributed by atoms with van der Waals surface area (Å²) in [7, 11) is 0. The molecule has 0 aliphatic rings. The van der Waals surface area contributed by atoms with Crippen molar-refractivity contribution in [3.05, 3.63) is 29.8 Å². The van der Waals surface area contributed by atoms with Gasteiger partial charge < -0.3 is 15.8 Å². The largest absolute Gasteiger partial charge is 0.478 e. The summed E-state index contributed by atoms with van der Waals surface area (Å²) in [4.78, 5) is 11.0. The Balaban J connectivity index is 2.67. The predicted molar refractivity (Wildman–Crippen MR) is 72.3 cm³/mol. The third-order valence-corrected chi connectivity index (χ3v) is 2.64. The molecule has 0 fully saturated rings. The average Bonchev–Trinajstić information content (AvgIpc) is 2.33. The summed E-state index contributed by atoms with van der Waals surface area (Å²) < 4.78 is 5.34. The molecule has 5 heteroatoms. The lowest BCUT2D eigenvalue weighted by molar-refractivity contribution is -0.119. The normalized spacial score (nSPS) is 10.8. The predicted octanol–water partition coefficient (Wildman–Crippen LogP) is 1.33. The highest BCUT2D eigenvalue weighted by atomic mass is 16.5. The van der Waals surface area contributed by atoms with Crippen LogP contribution in [0.2, 0.25) is 0 Å². The number of primary amides is 1. The van der Waals surface area contributed by atoms with E-state index in [1.165, 1.54) is 0 Å². The van der Waals surface area contributed by atoms with Crippen LogP contribution in [-0.2, 0) is 11.3 Å². The molecule has 0 aromatic heterocycles. The topological polar surface area (TPSA) is 88.1 Å². The van der Waals surface area contributed by atoms with E-state index >= 15 is 0 Å². The van der Waals surface area contributed by atoms with Crippen LogP contribution in [0.25, 0.3) is 0 Å². The number of amides is 1. The van der Waals surface area contributed by atoms with Crippen molar-refractivity contribution in [1.82, 2.24) is 5.32 Å². The van der Waals surface area contributed by atoms with Crippen LogP contribution in [0, 0.1) is 11.3 Å². The maximum atomic E-state index is 11.0. The molecule has 0 heterocycles. The number of carbonyl (C=O) groups excluding carboxylic acids is 1. The quantitative estimate of drug-likeness (QED) is 0.775. The van der Waals surface area contributed by atoms with Crippen molar-refractivity contribution in [1.29, 1.82) is 5.26 Å². The van der Waals surface area contributed by atoms with Gasteiger partial charge in [0.25, 0.3) is 0 Å². The van der Waals surface area contributed by atoms with E-state index in [-0.39, 0.29) is 24.5 Å². The fraction of sp³-hybridized carbons (Fsp3) is 0.429. The number of rotatable bonds is 7. The van der Waals surface area contributed by atoms with Crippen molar-refractivity contribution >= 4 is 5.91 Å². The van der Waals surface area contributed by atoms with Gasteiger partial charge in [0.2, 0.25) is 5.91 Å². The van der Waals surface area contributed by atoms with E-state index in [1.807, 2.05) is 44.2 Å². The van der Waals surface area contributed by atoms with Crippen LogP contribution in [-0.4, -0.2) is 18.1 Å². The van der Waals surface area contributed by atoms with Gasteiger partial charge in [-0.2, -0.15) is 5.26 Å². The number of nitrogens with one attached hydrogen (secondary N) is 1. The summed E-state index contributed by atoms with van der Waals surface area (Å²) in [6.07, 6.45) is 0.258. The molecule has 0 aliphatic carbocycles. The second-order valence-electron chi connectivity index (χ2n) is 4.94. The summed E-state index contributed by atoms with van der Waals surface area (Å²) in [6.45, 7) is 4.39. The smallest absolute Gasteiger partial charge is 0.219 e. The third kappa shape index (κ3) is 5.40. The van der Waals surface area contributed by atoms with Crippen molar-refractivity contribution in [2.24, 2.45) is 5.73 Å². The minimum absolute atomic E-state index is 0.0156. The minimum atomic E-state index is -0.381. The van der Waals surface area contributed by atoms with Crippen LogP contribution in [0.1, 0.15) is 25.8 Å². The van der Waals surface area contributed by atoms with Gasteiger partial charge in [-0.25, -0.2) is 0 Å². The number of nitrogens with zero attached hydrogens (tertiary/aromatic N) is 1. The third-order valence-electron chi connectivity index (χ3n) is 2.64. The zero-order valence-corrected chi connectivity index (χ0v) is 11.3. The molecular formula is C14H19N3O2. The Morgan fingerprint density at radius 2 is 2.16 bits per heavy atom. The number of ether oxygens (including phenoxy) is 1. The Morgan fingerprint density at radius 3 is 2.79 bits per heavy atom. The first-order valence-electron chi connectivity index (χ1n) is 6.05. The van der Waals surface area contributed by atoms with Crippen molar-refractivity contribution in [2.75, 3.05) is 6.61 Å². The molecule has 0 radical (unpaired) electrons. The highest BCUT2D eigenvalue weighted by Crippen LogP contribution is 2.19. The van der Waals surface area contributed by atoms with Crippen molar-refractivity contribution in [3.8, 4) is 11.8 Å². The van der Waals surface area contributed by atoms with E-state index in [0.717, 1.165) is 5.56 Å². The van der Waals surface area contributed by atoms with Gasteiger partial charge in [0.15, 0.2) is 6.61 Å². The summed E-state index contributed by atoms with van der Waals surface area (Å²) in [5.74, 6) is 0.331. The number of benzene rings is 1. The first-order valence-corrected chi connectivity index (χ1v) is 6.05. The highest BCUT2D eigenvalue weighted by Gasteiger charge is 2.20. The van der Waals surface area contributed by atoms with Gasteiger partial charge in [-0.15, -0.1) is 0 Å². The van der Waals surface area contributed by atoms with Gasteiger partial charge in [-0.1, -0.05) is 18.2 Å². The maximum Gasteiger partial charge on any atom is 0.219 e. The Kier molecular flexibility index (Phi) is 5.34. The number of nitriles is 1. The average molecular weight is 261 g/mol. The molecule has 1 aromatic carbocycles. The molecule has 1 amide bonds. The zero-order chi connectivity index (χ0) is 14.3. The molecular weight excluding hydrogens is 242 g/mol. The van der Waals surface area contributed by atoms with Crippen LogP contribution in [0.3, 0.4) is 0 Å². The number of nitrogens with two attached hydrogens (primary N) is 1. The lowest BCUT2D eigenvalue weighted by atomic mass is 10.00. The number of carbonyl (C=O) groups is 1. The van der Waals surface area contributed by atoms with E-state index in [4.69, 9.17) is 15.7 Å². The Labute approximate surface area is 113 Å². The molecule has 0 aliphatic heterocycles. The summed E-state index contributed by atoms with van der Waals surface area (Å²) in [5.41, 5.74) is 5.76. The van der Waals surface area contributed by atoms with Crippen LogP contribution >= 0.6 is 0 Å². The first-order chi connectivity index (χ1) is 8.94. The molecule has 0 saturated carbocycles. The monoisotopic (exact) mass is 261 g/mol. The van der Waals surface area contributed by atoms with Crippen LogP contribution in [0.15, 0.2) is 24.3 Å². The Morgan fingerprint density at radius 1 is 1.47 bits per heavy atom. The lowest BCUT2D eigenvalue weighted by Crippen LogP contribution is -2.42. The fourth-order valence-electron chi connectivity index (χ4n) is 1.73. The molecule has 0 bridgehead atoms. The van der Waals surface area contributed by atoms with Crippen LogP contribution in [0.4, 0.5) is 0 Å². The summed E-state index contributed by atoms with van der Waals surface area (Å²) >= 11 is 0. The first kappa shape index (κ1) is 15.0. The molecule has 1 rings (SSSR count). The Bertz CT molecular complexity index is 478. The second kappa shape index (κ2) is 6.76. The molecule has 0 saturated heterocycles. The van der Waals surface area contributed by atoms with Gasteiger partial charge in [0.05, 0.1) is 0 Å². The van der Waals surface area contributed by atoms with Crippen LogP contribution in [0.5, 0.6) is 5.75 Å². The van der Waals surface area contributed by atoms with E-state index in [1.54, 1.807) is 0 Å². The second-order valence-corrected chi connectivity index (χ2v) is 4.94.